The van der Waals surface area contributed by atoms with Crippen LogP contribution in [-0.2, 0) is 4.74 Å². The Bertz CT molecular complexity index is 328. The Kier molecular flexibility index (Phi) is 5.01. The molecule has 1 fully saturated rings. The molecule has 0 saturated carbocycles. The molecule has 2 unspecified atom stereocenters. The SMILES string of the molecule is CCC1C(CC#N)CCCN1C(=O)OC(C)(C)C. The number of hydrogen-bond donors (Lipinski definition) is 0. The van der Waals surface area contributed by atoms with Gasteiger partial charge in [0.15, 0.2) is 0 Å². The third-order valence-corrected chi connectivity index (χ3v) is 3.32. The minimum absolute atomic E-state index is 0.147. The van der Waals surface area contributed by atoms with E-state index in [0.717, 1.165) is 25.8 Å². The molecule has 2 atom stereocenters. The van der Waals surface area contributed by atoms with Crippen LogP contribution in [0, 0.1) is 17.2 Å². The average molecular weight is 252 g/mol. The molecule has 1 aliphatic heterocycles. The molecule has 1 rings (SSSR count). The molecule has 0 aromatic carbocycles. The first-order valence-electron chi connectivity index (χ1n) is 6.75. The summed E-state index contributed by atoms with van der Waals surface area (Å²) in [5, 5.41) is 8.86. The van der Waals surface area contributed by atoms with Crippen molar-refractivity contribution < 1.29 is 9.53 Å². The number of piperidine rings is 1. The van der Waals surface area contributed by atoms with E-state index >= 15 is 0 Å². The van der Waals surface area contributed by atoms with Crippen molar-refractivity contribution in [2.45, 2.75) is 65.0 Å². The van der Waals surface area contributed by atoms with E-state index in [2.05, 4.69) is 13.0 Å². The average Bonchev–Trinajstić information content (AvgIpc) is 2.27. The summed E-state index contributed by atoms with van der Waals surface area (Å²) in [6.45, 7) is 8.45. The smallest absolute Gasteiger partial charge is 0.410 e. The Labute approximate surface area is 110 Å². The van der Waals surface area contributed by atoms with Gasteiger partial charge in [0.2, 0.25) is 0 Å². The number of carbonyl (C=O) groups excluding carboxylic acids is 1. The molecule has 0 bridgehead atoms. The first kappa shape index (κ1) is 14.8. The Morgan fingerprint density at radius 1 is 1.50 bits per heavy atom. The van der Waals surface area contributed by atoms with E-state index in [4.69, 9.17) is 10.00 Å². The molecular weight excluding hydrogens is 228 g/mol. The molecule has 4 heteroatoms. The third-order valence-electron chi connectivity index (χ3n) is 3.32. The number of likely N-dealkylation sites (tertiary alicyclic amines) is 1. The molecule has 0 aromatic heterocycles. The van der Waals surface area contributed by atoms with Gasteiger partial charge in [0.1, 0.15) is 5.60 Å². The Hall–Kier alpha value is -1.24. The topological polar surface area (TPSA) is 53.3 Å². The van der Waals surface area contributed by atoms with Gasteiger partial charge in [-0.1, -0.05) is 6.92 Å². The van der Waals surface area contributed by atoms with Gasteiger partial charge >= 0.3 is 6.09 Å². The van der Waals surface area contributed by atoms with Crippen molar-refractivity contribution >= 4 is 6.09 Å². The summed E-state index contributed by atoms with van der Waals surface area (Å²) in [5.41, 5.74) is -0.461. The molecular formula is C14H24N2O2. The van der Waals surface area contributed by atoms with Crippen molar-refractivity contribution in [1.29, 1.82) is 5.26 Å². The molecule has 18 heavy (non-hydrogen) atoms. The zero-order chi connectivity index (χ0) is 13.8. The Morgan fingerprint density at radius 3 is 2.67 bits per heavy atom. The zero-order valence-corrected chi connectivity index (χ0v) is 11.9. The quantitative estimate of drug-likeness (QED) is 0.757. The van der Waals surface area contributed by atoms with E-state index < -0.39 is 5.60 Å². The van der Waals surface area contributed by atoms with Crippen LogP contribution in [0.4, 0.5) is 4.79 Å². The molecule has 0 aromatic rings. The standard InChI is InChI=1S/C14H24N2O2/c1-5-12-11(8-9-15)7-6-10-16(12)13(17)18-14(2,3)4/h11-12H,5-8,10H2,1-4H3. The molecule has 1 amide bonds. The largest absolute Gasteiger partial charge is 0.444 e. The van der Waals surface area contributed by atoms with Crippen molar-refractivity contribution in [3.63, 3.8) is 0 Å². The van der Waals surface area contributed by atoms with Crippen LogP contribution in [0.25, 0.3) is 0 Å². The summed E-state index contributed by atoms with van der Waals surface area (Å²) in [6.07, 6.45) is 3.16. The van der Waals surface area contributed by atoms with Crippen LogP contribution in [0.5, 0.6) is 0 Å². The van der Waals surface area contributed by atoms with Crippen LogP contribution in [-0.4, -0.2) is 29.2 Å². The third kappa shape index (κ3) is 3.90. The maximum absolute atomic E-state index is 12.2. The molecule has 0 N–H and O–H groups in total. The summed E-state index contributed by atoms with van der Waals surface area (Å²) in [7, 11) is 0. The van der Waals surface area contributed by atoms with Gasteiger partial charge in [-0.3, -0.25) is 0 Å². The minimum atomic E-state index is -0.461. The van der Waals surface area contributed by atoms with Crippen molar-refractivity contribution in [2.24, 2.45) is 5.92 Å². The first-order chi connectivity index (χ1) is 8.39. The van der Waals surface area contributed by atoms with Gasteiger partial charge in [-0.15, -0.1) is 0 Å². The van der Waals surface area contributed by atoms with E-state index in [0.29, 0.717) is 12.3 Å². The second-order valence-corrected chi connectivity index (χ2v) is 5.91. The lowest BCUT2D eigenvalue weighted by Gasteiger charge is -2.40. The predicted octanol–water partition coefficient (Wildman–Crippen LogP) is 3.33. The van der Waals surface area contributed by atoms with Gasteiger partial charge in [-0.2, -0.15) is 5.26 Å². The number of nitrogens with zero attached hydrogens (tertiary/aromatic N) is 2. The molecule has 4 nitrogen and oxygen atoms in total. The molecule has 102 valence electrons. The van der Waals surface area contributed by atoms with Gasteiger partial charge in [0.05, 0.1) is 6.07 Å². The number of rotatable bonds is 2. The van der Waals surface area contributed by atoms with E-state index in [9.17, 15) is 4.79 Å². The van der Waals surface area contributed by atoms with Gasteiger partial charge in [-0.05, 0) is 46.0 Å². The summed E-state index contributed by atoms with van der Waals surface area (Å²) in [5.74, 6) is 0.293. The predicted molar refractivity (Wildman–Crippen MR) is 70.0 cm³/mol. The Morgan fingerprint density at radius 2 is 2.17 bits per heavy atom. The second kappa shape index (κ2) is 6.08. The van der Waals surface area contributed by atoms with E-state index in [1.165, 1.54) is 0 Å². The molecule has 0 spiro atoms. The zero-order valence-electron chi connectivity index (χ0n) is 11.9. The van der Waals surface area contributed by atoms with Gasteiger partial charge in [-0.25, -0.2) is 4.79 Å². The molecule has 1 heterocycles. The molecule has 1 saturated heterocycles. The first-order valence-corrected chi connectivity index (χ1v) is 6.75. The lowest BCUT2D eigenvalue weighted by molar-refractivity contribution is -0.000245. The van der Waals surface area contributed by atoms with Gasteiger partial charge in [0, 0.05) is 19.0 Å². The highest BCUT2D eigenvalue weighted by Crippen LogP contribution is 2.29. The van der Waals surface area contributed by atoms with Crippen molar-refractivity contribution in [3.05, 3.63) is 0 Å². The van der Waals surface area contributed by atoms with Gasteiger partial charge in [0.25, 0.3) is 0 Å². The number of hydrogen-bond acceptors (Lipinski definition) is 3. The van der Waals surface area contributed by atoms with E-state index in [-0.39, 0.29) is 12.1 Å². The normalized spacial score (nSPS) is 24.5. The fourth-order valence-corrected chi connectivity index (χ4v) is 2.59. The summed E-state index contributed by atoms with van der Waals surface area (Å²) < 4.78 is 5.44. The highest BCUT2D eigenvalue weighted by molar-refractivity contribution is 5.68. The van der Waals surface area contributed by atoms with Crippen molar-refractivity contribution in [1.82, 2.24) is 4.90 Å². The monoisotopic (exact) mass is 252 g/mol. The minimum Gasteiger partial charge on any atom is -0.444 e. The number of amides is 1. The summed E-state index contributed by atoms with van der Waals surface area (Å²) in [4.78, 5) is 14.0. The lowest BCUT2D eigenvalue weighted by Crippen LogP contribution is -2.49. The molecule has 1 aliphatic rings. The molecule has 0 aliphatic carbocycles. The van der Waals surface area contributed by atoms with Crippen LogP contribution < -0.4 is 0 Å². The highest BCUT2D eigenvalue weighted by Gasteiger charge is 2.35. The fraction of sp³-hybridized carbons (Fsp3) is 0.857. The van der Waals surface area contributed by atoms with Gasteiger partial charge < -0.3 is 9.64 Å². The van der Waals surface area contributed by atoms with Crippen molar-refractivity contribution in [3.8, 4) is 6.07 Å². The van der Waals surface area contributed by atoms with Crippen LogP contribution in [0.3, 0.4) is 0 Å². The van der Waals surface area contributed by atoms with Crippen LogP contribution in [0.2, 0.25) is 0 Å². The fourth-order valence-electron chi connectivity index (χ4n) is 2.59. The number of nitriles is 1. The van der Waals surface area contributed by atoms with Crippen molar-refractivity contribution in [2.75, 3.05) is 6.54 Å². The maximum Gasteiger partial charge on any atom is 0.410 e. The molecule has 0 radical (unpaired) electrons. The van der Waals surface area contributed by atoms with Crippen LogP contribution >= 0.6 is 0 Å². The number of ether oxygens (including phenoxy) is 1. The van der Waals surface area contributed by atoms with Crippen LogP contribution in [0.15, 0.2) is 0 Å². The second-order valence-electron chi connectivity index (χ2n) is 5.91. The number of carbonyl (C=O) groups is 1. The van der Waals surface area contributed by atoms with E-state index in [1.54, 1.807) is 0 Å². The van der Waals surface area contributed by atoms with Crippen LogP contribution in [0.1, 0.15) is 53.4 Å². The maximum atomic E-state index is 12.2. The Balaban J connectivity index is 2.73. The lowest BCUT2D eigenvalue weighted by atomic mass is 9.86. The van der Waals surface area contributed by atoms with E-state index in [1.807, 2.05) is 25.7 Å². The summed E-state index contributed by atoms with van der Waals surface area (Å²) in [6, 6.07) is 2.38. The summed E-state index contributed by atoms with van der Waals surface area (Å²) >= 11 is 0. The highest BCUT2D eigenvalue weighted by atomic mass is 16.6.